The zero-order valence-electron chi connectivity index (χ0n) is 18.7. The van der Waals surface area contributed by atoms with Crippen LogP contribution in [0.1, 0.15) is 49.3 Å². The zero-order chi connectivity index (χ0) is 24.3. The van der Waals surface area contributed by atoms with Gasteiger partial charge in [-0.1, -0.05) is 18.9 Å². The zero-order valence-corrected chi connectivity index (χ0v) is 19.6. The molecule has 1 aliphatic carbocycles. The quantitative estimate of drug-likeness (QED) is 0.206. The van der Waals surface area contributed by atoms with Crippen LogP contribution in [0.15, 0.2) is 23.1 Å². The Morgan fingerprint density at radius 3 is 2.16 bits per heavy atom. The Bertz CT molecular complexity index is 956. The van der Waals surface area contributed by atoms with Crippen LogP contribution in [0, 0.1) is 67.7 Å². The number of hydrogen-bond donors (Lipinski definition) is 2. The number of rotatable bonds is 5. The van der Waals surface area contributed by atoms with Crippen LogP contribution < -0.4 is 5.32 Å². The fourth-order valence-electron chi connectivity index (χ4n) is 2.62. The molecule has 1 saturated carbocycles. The molecule has 0 spiro atoms. The Morgan fingerprint density at radius 2 is 1.69 bits per heavy atom. The molecule has 0 heterocycles. The highest BCUT2D eigenvalue weighted by Gasteiger charge is 2.27. The molecule has 1 aliphatic rings. The highest BCUT2D eigenvalue weighted by molar-refractivity contribution is 7.80. The van der Waals surface area contributed by atoms with E-state index in [0.717, 1.165) is 31.4 Å². The van der Waals surface area contributed by atoms with Gasteiger partial charge in [0.2, 0.25) is 0 Å². The van der Waals surface area contributed by atoms with Crippen molar-refractivity contribution in [2.75, 3.05) is 11.9 Å². The number of halogens is 4. The summed E-state index contributed by atoms with van der Waals surface area (Å²) in [7, 11) is 0. The van der Waals surface area contributed by atoms with Crippen LogP contribution in [-0.4, -0.2) is 6.54 Å². The average Bonchev–Trinajstić information content (AvgIpc) is 3.60. The molecule has 32 heavy (non-hydrogen) atoms. The lowest BCUT2D eigenvalue weighted by Crippen LogP contribution is -2.04. The van der Waals surface area contributed by atoms with Gasteiger partial charge in [0.1, 0.15) is 11.6 Å². The number of terminal acetylenes is 2. The molecule has 0 unspecified atom stereocenters. The predicted octanol–water partition coefficient (Wildman–Crippen LogP) is 7.25. The third-order valence-corrected chi connectivity index (χ3v) is 5.23. The Balaban J connectivity index is 0.000000270. The molecule has 1 N–H and O–H groups in total. The maximum absolute atomic E-state index is 13.6. The maximum Gasteiger partial charge on any atom is 0.172 e. The molecule has 1 fully saturated rings. The Labute approximate surface area is 194 Å². The Hall–Kier alpha value is -2.57. The van der Waals surface area contributed by atoms with Crippen molar-refractivity contribution in [1.82, 2.24) is 0 Å². The van der Waals surface area contributed by atoms with E-state index in [1.165, 1.54) is 13.0 Å². The fourth-order valence-corrected chi connectivity index (χ4v) is 2.91. The summed E-state index contributed by atoms with van der Waals surface area (Å²) in [6.45, 7) is 5.46. The lowest BCUT2D eigenvalue weighted by Gasteiger charge is -2.10. The smallest absolute Gasteiger partial charge is 0.172 e. The van der Waals surface area contributed by atoms with Gasteiger partial charge in [-0.25, -0.2) is 17.6 Å². The summed E-state index contributed by atoms with van der Waals surface area (Å²) in [5, 5.41) is 2.89. The molecule has 2 aromatic carbocycles. The van der Waals surface area contributed by atoms with Crippen molar-refractivity contribution in [3.8, 4) is 24.7 Å². The van der Waals surface area contributed by atoms with E-state index in [-0.39, 0.29) is 21.8 Å². The largest absolute Gasteiger partial charge is 0.374 e. The van der Waals surface area contributed by atoms with Crippen LogP contribution in [0.4, 0.5) is 23.2 Å². The molecule has 0 radical (unpaired) electrons. The molecular formula is C26H29F4NS. The summed E-state index contributed by atoms with van der Waals surface area (Å²) in [5.74, 6) is 2.33. The first-order valence-corrected chi connectivity index (χ1v) is 10.8. The molecule has 1 nitrogen and oxygen atoms in total. The molecule has 6 heteroatoms. The number of nitrogens with one attached hydrogen (secondary N) is 1. The van der Waals surface area contributed by atoms with Crippen molar-refractivity contribution in [2.24, 2.45) is 5.92 Å². The van der Waals surface area contributed by atoms with E-state index in [2.05, 4.69) is 36.7 Å². The van der Waals surface area contributed by atoms with E-state index >= 15 is 0 Å². The molecule has 0 amide bonds. The summed E-state index contributed by atoms with van der Waals surface area (Å²) in [5.41, 5.74) is 1.33. The van der Waals surface area contributed by atoms with Crippen molar-refractivity contribution in [3.63, 3.8) is 0 Å². The summed E-state index contributed by atoms with van der Waals surface area (Å²) < 4.78 is 53.0. The summed E-state index contributed by atoms with van der Waals surface area (Å²) in [6, 6.07) is 4.95. The van der Waals surface area contributed by atoms with Crippen molar-refractivity contribution >= 4 is 18.3 Å². The second-order valence-corrected chi connectivity index (χ2v) is 7.96. The lowest BCUT2D eigenvalue weighted by molar-refractivity contribution is 0.460. The first kappa shape index (κ1) is 27.5. The minimum Gasteiger partial charge on any atom is -0.374 e. The van der Waals surface area contributed by atoms with Crippen molar-refractivity contribution in [1.29, 1.82) is 0 Å². The summed E-state index contributed by atoms with van der Waals surface area (Å²) >= 11 is 3.85. The number of unbranched alkanes of at least 4 members (excludes halogenated alkanes) is 1. The van der Waals surface area contributed by atoms with Crippen molar-refractivity contribution < 1.29 is 17.6 Å². The van der Waals surface area contributed by atoms with Gasteiger partial charge < -0.3 is 5.32 Å². The van der Waals surface area contributed by atoms with Gasteiger partial charge in [0, 0.05) is 28.1 Å². The molecule has 2 aromatic rings. The predicted molar refractivity (Wildman–Crippen MR) is 127 cm³/mol. The number of hydrogen-bond acceptors (Lipinski definition) is 2. The lowest BCUT2D eigenvalue weighted by atomic mass is 10.0. The molecule has 0 aromatic heterocycles. The van der Waals surface area contributed by atoms with Crippen LogP contribution >= 0.6 is 12.6 Å². The van der Waals surface area contributed by atoms with E-state index < -0.39 is 17.5 Å². The minimum atomic E-state index is -1.13. The molecule has 0 atom stereocenters. The standard InChI is InChI=1S/C11H11F3S.C10H10FN.C5H8/c1-5-8(12)7(4-6-2-3-6)11(15)10(14)9(5)13;1-3-6-12-9-5-4-8(2)10(11)7-9;1-3-5-4-2/h6,15H,2-4H2,1H3;1,4-5,7,12H,6H2,2H3;1H,4-5H2,2H3. The van der Waals surface area contributed by atoms with Crippen LogP contribution in [-0.2, 0) is 6.42 Å². The van der Waals surface area contributed by atoms with Gasteiger partial charge in [-0.15, -0.1) is 31.4 Å². The highest BCUT2D eigenvalue weighted by atomic mass is 32.1. The number of aryl methyl sites for hydroxylation is 1. The van der Waals surface area contributed by atoms with Gasteiger partial charge in [0.15, 0.2) is 11.6 Å². The molecule has 0 bridgehead atoms. The number of anilines is 1. The SMILES string of the molecule is C#CCCC.C#CCNc1ccc(C)c(F)c1.Cc1c(F)c(F)c(S)c(CC2CC2)c1F. The molecule has 0 aliphatic heterocycles. The van der Waals surface area contributed by atoms with E-state index in [9.17, 15) is 17.6 Å². The van der Waals surface area contributed by atoms with E-state index in [1.807, 2.05) is 0 Å². The molecule has 3 rings (SSSR count). The minimum absolute atomic E-state index is 0.178. The van der Waals surface area contributed by atoms with Crippen LogP contribution in [0.25, 0.3) is 0 Å². The second-order valence-electron chi connectivity index (χ2n) is 7.52. The number of benzene rings is 2. The van der Waals surface area contributed by atoms with Gasteiger partial charge in [-0.3, -0.25) is 0 Å². The Kier molecular flexibility index (Phi) is 11.8. The van der Waals surface area contributed by atoms with Crippen LogP contribution in [0.3, 0.4) is 0 Å². The van der Waals surface area contributed by atoms with Gasteiger partial charge in [0.05, 0.1) is 6.54 Å². The first-order valence-electron chi connectivity index (χ1n) is 10.4. The Morgan fingerprint density at radius 1 is 1.03 bits per heavy atom. The maximum atomic E-state index is 13.6. The summed E-state index contributed by atoms with van der Waals surface area (Å²) in [6.07, 6.45) is 14.5. The first-order chi connectivity index (χ1) is 15.2. The molecule has 0 saturated heterocycles. The second kappa shape index (κ2) is 13.8. The van der Waals surface area contributed by atoms with Crippen molar-refractivity contribution in [2.45, 2.75) is 57.8 Å². The topological polar surface area (TPSA) is 12.0 Å². The monoisotopic (exact) mass is 463 g/mol. The van der Waals surface area contributed by atoms with Gasteiger partial charge in [-0.2, -0.15) is 0 Å². The number of thiol groups is 1. The normalized spacial score (nSPS) is 11.8. The van der Waals surface area contributed by atoms with Gasteiger partial charge in [-0.05, 0) is 63.1 Å². The third-order valence-electron chi connectivity index (χ3n) is 4.76. The molecular weight excluding hydrogens is 434 g/mol. The van der Waals surface area contributed by atoms with E-state index in [4.69, 9.17) is 12.8 Å². The van der Waals surface area contributed by atoms with Crippen LogP contribution in [0.2, 0.25) is 0 Å². The summed E-state index contributed by atoms with van der Waals surface area (Å²) in [4.78, 5) is -0.178. The average molecular weight is 464 g/mol. The highest BCUT2D eigenvalue weighted by Crippen LogP contribution is 2.37. The molecule has 172 valence electrons. The van der Waals surface area contributed by atoms with Gasteiger partial charge in [0.25, 0.3) is 0 Å². The third kappa shape index (κ3) is 8.52. The fraction of sp³-hybridized carbons (Fsp3) is 0.385. The van der Waals surface area contributed by atoms with Crippen molar-refractivity contribution in [3.05, 3.63) is 58.2 Å². The van der Waals surface area contributed by atoms with E-state index in [1.54, 1.807) is 19.1 Å². The van der Waals surface area contributed by atoms with Crippen LogP contribution in [0.5, 0.6) is 0 Å². The van der Waals surface area contributed by atoms with Gasteiger partial charge >= 0.3 is 0 Å². The van der Waals surface area contributed by atoms with E-state index in [0.29, 0.717) is 24.4 Å².